The van der Waals surface area contributed by atoms with Crippen molar-refractivity contribution in [2.24, 2.45) is 11.7 Å². The molecule has 2 rings (SSSR count). The van der Waals surface area contributed by atoms with Gasteiger partial charge in [-0.3, -0.25) is 4.79 Å². The predicted molar refractivity (Wildman–Crippen MR) is 68.1 cm³/mol. The lowest BCUT2D eigenvalue weighted by Crippen LogP contribution is -2.49. The van der Waals surface area contributed by atoms with Gasteiger partial charge < -0.3 is 11.1 Å². The first-order chi connectivity index (χ1) is 7.52. The van der Waals surface area contributed by atoms with Crippen LogP contribution in [0.25, 0.3) is 0 Å². The maximum Gasteiger partial charge on any atom is 0.243 e. The van der Waals surface area contributed by atoms with Gasteiger partial charge in [0.25, 0.3) is 0 Å². The third-order valence-corrected chi connectivity index (χ3v) is 3.63. The molecule has 0 aromatic heterocycles. The van der Waals surface area contributed by atoms with E-state index in [2.05, 4.69) is 21.2 Å². The zero-order chi connectivity index (χ0) is 11.8. The lowest BCUT2D eigenvalue weighted by atomic mass is 9.94. The Labute approximate surface area is 104 Å². The fraction of sp³-hybridized carbons (Fsp3) is 0.417. The lowest BCUT2D eigenvalue weighted by Gasteiger charge is -2.28. The average Bonchev–Trinajstić information content (AvgIpc) is 3.00. The zero-order valence-electron chi connectivity index (χ0n) is 9.16. The Morgan fingerprint density at radius 1 is 1.56 bits per heavy atom. The summed E-state index contributed by atoms with van der Waals surface area (Å²) >= 11 is 3.40. The van der Waals surface area contributed by atoms with Crippen LogP contribution in [0.3, 0.4) is 0 Å². The first kappa shape index (κ1) is 11.5. The molecule has 3 N–H and O–H groups in total. The zero-order valence-corrected chi connectivity index (χ0v) is 10.8. The summed E-state index contributed by atoms with van der Waals surface area (Å²) in [5.41, 5.74) is 5.78. The molecule has 1 atom stereocenters. The number of nitrogens with one attached hydrogen (secondary N) is 1. The van der Waals surface area contributed by atoms with Crippen LogP contribution in [0.5, 0.6) is 0 Å². The number of rotatable bonds is 4. The first-order valence-corrected chi connectivity index (χ1v) is 6.15. The van der Waals surface area contributed by atoms with E-state index in [1.165, 1.54) is 0 Å². The highest BCUT2D eigenvalue weighted by Crippen LogP contribution is 2.41. The smallest absolute Gasteiger partial charge is 0.243 e. The number of carbonyl (C=O) groups is 1. The fourth-order valence-corrected chi connectivity index (χ4v) is 2.29. The van der Waals surface area contributed by atoms with Crippen LogP contribution < -0.4 is 11.1 Å². The van der Waals surface area contributed by atoms with Crippen LogP contribution in [0.1, 0.15) is 19.8 Å². The van der Waals surface area contributed by atoms with Crippen LogP contribution in [-0.2, 0) is 4.79 Å². The minimum Gasteiger partial charge on any atom is -0.371 e. The van der Waals surface area contributed by atoms with Crippen molar-refractivity contribution >= 4 is 27.5 Å². The van der Waals surface area contributed by atoms with E-state index < -0.39 is 5.54 Å². The molecule has 0 radical (unpaired) electrons. The van der Waals surface area contributed by atoms with Gasteiger partial charge in [0.2, 0.25) is 5.91 Å². The van der Waals surface area contributed by atoms with Crippen LogP contribution in [0, 0.1) is 5.92 Å². The topological polar surface area (TPSA) is 55.1 Å². The van der Waals surface area contributed by atoms with E-state index >= 15 is 0 Å². The van der Waals surface area contributed by atoms with Crippen molar-refractivity contribution in [2.75, 3.05) is 5.32 Å². The molecule has 0 bridgehead atoms. The average molecular weight is 283 g/mol. The van der Waals surface area contributed by atoms with Gasteiger partial charge in [0, 0.05) is 10.2 Å². The molecule has 1 aromatic carbocycles. The molecule has 1 fully saturated rings. The molecule has 1 amide bonds. The number of carbonyl (C=O) groups excluding carboxylic acids is 1. The number of benzene rings is 1. The fourth-order valence-electron chi connectivity index (χ4n) is 1.89. The van der Waals surface area contributed by atoms with Crippen molar-refractivity contribution in [1.29, 1.82) is 0 Å². The molecule has 0 aliphatic heterocycles. The second-order valence-electron chi connectivity index (χ2n) is 4.48. The largest absolute Gasteiger partial charge is 0.371 e. The Kier molecular flexibility index (Phi) is 2.93. The molecule has 4 heteroatoms. The van der Waals surface area contributed by atoms with E-state index in [1.54, 1.807) is 0 Å². The predicted octanol–water partition coefficient (Wildman–Crippen LogP) is 2.52. The molecule has 1 unspecified atom stereocenters. The monoisotopic (exact) mass is 282 g/mol. The van der Waals surface area contributed by atoms with E-state index in [4.69, 9.17) is 5.73 Å². The van der Waals surface area contributed by atoms with Crippen LogP contribution >= 0.6 is 15.9 Å². The summed E-state index contributed by atoms with van der Waals surface area (Å²) in [6, 6.07) is 7.77. The number of hydrogen-bond donors (Lipinski definition) is 2. The Bertz CT molecular complexity index is 417. The molecular weight excluding hydrogens is 268 g/mol. The van der Waals surface area contributed by atoms with E-state index in [0.717, 1.165) is 23.0 Å². The van der Waals surface area contributed by atoms with Gasteiger partial charge in [0.15, 0.2) is 0 Å². The molecule has 3 nitrogen and oxygen atoms in total. The molecule has 1 aliphatic rings. The molecule has 86 valence electrons. The van der Waals surface area contributed by atoms with Gasteiger partial charge in [-0.15, -0.1) is 0 Å². The van der Waals surface area contributed by atoms with Gasteiger partial charge in [0.1, 0.15) is 5.54 Å². The summed E-state index contributed by atoms with van der Waals surface area (Å²) in [5, 5.41) is 3.25. The highest BCUT2D eigenvalue weighted by Gasteiger charge is 2.46. The SMILES string of the molecule is CC(Nc1cccc(Br)c1)(C(N)=O)C1CC1. The Morgan fingerprint density at radius 2 is 2.25 bits per heavy atom. The number of amides is 1. The number of hydrogen-bond acceptors (Lipinski definition) is 2. The highest BCUT2D eigenvalue weighted by atomic mass is 79.9. The number of primary amides is 1. The lowest BCUT2D eigenvalue weighted by molar-refractivity contribution is -0.122. The third-order valence-electron chi connectivity index (χ3n) is 3.13. The standard InChI is InChI=1S/C12H15BrN2O/c1-12(11(14)16,8-5-6-8)15-10-4-2-3-9(13)7-10/h2-4,7-8,15H,5-6H2,1H3,(H2,14,16). The van der Waals surface area contributed by atoms with Crippen LogP contribution in [0.2, 0.25) is 0 Å². The Hall–Kier alpha value is -1.03. The van der Waals surface area contributed by atoms with Crippen molar-refractivity contribution < 1.29 is 4.79 Å². The normalized spacial score (nSPS) is 18.9. The Morgan fingerprint density at radius 3 is 2.75 bits per heavy atom. The van der Waals surface area contributed by atoms with Crippen molar-refractivity contribution in [3.8, 4) is 0 Å². The summed E-state index contributed by atoms with van der Waals surface area (Å²) in [7, 11) is 0. The molecule has 0 saturated heterocycles. The van der Waals surface area contributed by atoms with E-state index in [-0.39, 0.29) is 5.91 Å². The number of nitrogens with two attached hydrogens (primary N) is 1. The van der Waals surface area contributed by atoms with Crippen LogP contribution in [-0.4, -0.2) is 11.4 Å². The summed E-state index contributed by atoms with van der Waals surface area (Å²) in [6.45, 7) is 1.88. The highest BCUT2D eigenvalue weighted by molar-refractivity contribution is 9.10. The Balaban J connectivity index is 2.21. The molecule has 1 aromatic rings. The quantitative estimate of drug-likeness (QED) is 0.892. The van der Waals surface area contributed by atoms with Gasteiger partial charge in [-0.05, 0) is 43.9 Å². The molecule has 0 spiro atoms. The van der Waals surface area contributed by atoms with Crippen LogP contribution in [0.15, 0.2) is 28.7 Å². The minimum absolute atomic E-state index is 0.282. The summed E-state index contributed by atoms with van der Waals surface area (Å²) in [5.74, 6) is 0.0824. The number of anilines is 1. The third kappa shape index (κ3) is 2.21. The van der Waals surface area contributed by atoms with Gasteiger partial charge in [-0.25, -0.2) is 0 Å². The maximum absolute atomic E-state index is 11.5. The second kappa shape index (κ2) is 4.09. The summed E-state index contributed by atoms with van der Waals surface area (Å²) < 4.78 is 0.986. The maximum atomic E-state index is 11.5. The summed E-state index contributed by atoms with van der Waals surface area (Å²) in [6.07, 6.45) is 2.14. The van der Waals surface area contributed by atoms with Gasteiger partial charge in [0.05, 0.1) is 0 Å². The van der Waals surface area contributed by atoms with Crippen molar-refractivity contribution in [3.63, 3.8) is 0 Å². The van der Waals surface area contributed by atoms with E-state index in [1.807, 2.05) is 31.2 Å². The van der Waals surface area contributed by atoms with Crippen molar-refractivity contribution in [3.05, 3.63) is 28.7 Å². The molecule has 1 aliphatic carbocycles. The summed E-state index contributed by atoms with van der Waals surface area (Å²) in [4.78, 5) is 11.5. The van der Waals surface area contributed by atoms with E-state index in [0.29, 0.717) is 5.92 Å². The van der Waals surface area contributed by atoms with Gasteiger partial charge in [-0.1, -0.05) is 22.0 Å². The van der Waals surface area contributed by atoms with Crippen LogP contribution in [0.4, 0.5) is 5.69 Å². The molecular formula is C12H15BrN2O. The van der Waals surface area contributed by atoms with Crippen molar-refractivity contribution in [2.45, 2.75) is 25.3 Å². The molecule has 1 saturated carbocycles. The minimum atomic E-state index is -0.624. The first-order valence-electron chi connectivity index (χ1n) is 5.36. The van der Waals surface area contributed by atoms with Gasteiger partial charge >= 0.3 is 0 Å². The van der Waals surface area contributed by atoms with Gasteiger partial charge in [-0.2, -0.15) is 0 Å². The number of halogens is 1. The second-order valence-corrected chi connectivity index (χ2v) is 5.39. The van der Waals surface area contributed by atoms with Crippen molar-refractivity contribution in [1.82, 2.24) is 0 Å². The van der Waals surface area contributed by atoms with E-state index in [9.17, 15) is 4.79 Å². The molecule has 16 heavy (non-hydrogen) atoms. The molecule has 0 heterocycles.